The number of hydrogen-bond donors (Lipinski definition) is 8. The van der Waals surface area contributed by atoms with E-state index >= 15 is 0 Å². The van der Waals surface area contributed by atoms with Crippen LogP contribution in [-0.4, -0.2) is 193 Å². The Labute approximate surface area is 662 Å². The Morgan fingerprint density at radius 2 is 0.750 bits per heavy atom. The van der Waals surface area contributed by atoms with Crippen LogP contribution in [0.5, 0.6) is 0 Å². The van der Waals surface area contributed by atoms with Gasteiger partial charge in [0.1, 0.15) is 0 Å². The lowest BCUT2D eigenvalue weighted by atomic mass is 9.89. The third-order valence-corrected chi connectivity index (χ3v) is 25.5. The molecule has 28 nitrogen and oxygen atoms in total. The van der Waals surface area contributed by atoms with E-state index in [1.165, 1.54) is 125 Å². The number of primary amides is 3. The first-order chi connectivity index (χ1) is 53.7. The Hall–Kier alpha value is -10.2. The van der Waals surface area contributed by atoms with Crippen LogP contribution in [0, 0.1) is 17.8 Å². The van der Waals surface area contributed by atoms with E-state index < -0.39 is 53.2 Å². The molecule has 6 aliphatic rings. The maximum atomic E-state index is 13.3. The number of aromatic nitrogens is 6. The first kappa shape index (κ1) is 81.3. The monoisotopic (exact) mass is 1580 g/mol. The number of nitrogens with one attached hydrogen (secondary N) is 4. The molecule has 12 heterocycles. The Morgan fingerprint density at radius 1 is 0.420 bits per heavy atom. The fourth-order valence-corrected chi connectivity index (χ4v) is 18.6. The number of nitrogens with two attached hydrogens (primary N) is 3. The fraction of sp³-hybridized carbons (Fsp3) is 0.444. The summed E-state index contributed by atoms with van der Waals surface area (Å²) < 4.78 is 3.66. The van der Waals surface area contributed by atoms with Gasteiger partial charge in [0.25, 0.3) is 0 Å². The van der Waals surface area contributed by atoms with Crippen molar-refractivity contribution in [3.8, 4) is 0 Å². The van der Waals surface area contributed by atoms with E-state index in [1.807, 2.05) is 16.7 Å². The Bertz CT molecular complexity index is 4700. The molecule has 6 saturated heterocycles. The highest BCUT2D eigenvalue weighted by molar-refractivity contribution is 7.19. The van der Waals surface area contributed by atoms with Gasteiger partial charge in [-0.05, 0) is 233 Å². The molecule has 6 atom stereocenters. The van der Waals surface area contributed by atoms with Gasteiger partial charge in [-0.15, -0.1) is 34.0 Å². The zero-order valence-corrected chi connectivity index (χ0v) is 66.4. The Balaban J connectivity index is 0.000000146. The topological polar surface area (TPSA) is 394 Å². The number of carboxylic acid groups (broad SMARTS) is 1. The standard InChI is InChI=1S/2C27H32N6O3S.C19H27N3S.C8H7N3O4/c2*1-16-3-5-22(33(15-16)27(36)25(35)30-20-11-19(24(28)34)13-29-14-20)18-4-6-23-21(12-18)31-26(37-23)17-7-9-32(2)10-8-17;1-13-3-5-16(20-12-13)15-4-6-18-17(11-15)21-19(23-18)14-7-9-22(2)10-8-14;9-6(12)4-1-5(3-10-2-4)11-7(13)8(14)15/h2*4,6,11-14,16-17,22H,3,5,7-10,15H2,1-2H3,(H2,28,34)(H,30,35);4,6,11,13-14,16,20H,3,5,7-10,12H2,1-2H3;1-3H,(H2,9,12)(H,11,13)(H,14,15)/t16-,22?;16-,22+;13-,16?;/m000./s1. The minimum atomic E-state index is -1.63. The van der Waals surface area contributed by atoms with E-state index in [9.17, 15) is 43.2 Å². The van der Waals surface area contributed by atoms with Gasteiger partial charge in [0.2, 0.25) is 17.7 Å². The van der Waals surface area contributed by atoms with Gasteiger partial charge < -0.3 is 68.1 Å². The molecule has 3 aromatic carbocycles. The summed E-state index contributed by atoms with van der Waals surface area (Å²) in [5.41, 5.74) is 23.1. The van der Waals surface area contributed by atoms with Gasteiger partial charge in [-0.25, -0.2) is 19.7 Å². The van der Waals surface area contributed by atoms with E-state index in [0.29, 0.717) is 36.9 Å². The smallest absolute Gasteiger partial charge is 0.394 e. The highest BCUT2D eigenvalue weighted by Gasteiger charge is 2.37. The largest absolute Gasteiger partial charge is 0.474 e. The number of thiazole rings is 3. The van der Waals surface area contributed by atoms with Crippen LogP contribution in [-0.2, 0) is 28.8 Å². The third-order valence-electron chi connectivity index (χ3n) is 21.9. The number of carboxylic acids is 1. The predicted molar refractivity (Wildman–Crippen MR) is 434 cm³/mol. The molecule has 8 amide bonds. The van der Waals surface area contributed by atoms with Gasteiger partial charge in [-0.1, -0.05) is 39.0 Å². The summed E-state index contributed by atoms with van der Waals surface area (Å²) in [5, 5.41) is 22.9. The minimum absolute atomic E-state index is 0.0817. The van der Waals surface area contributed by atoms with Crippen LogP contribution < -0.4 is 38.5 Å². The third kappa shape index (κ3) is 20.7. The van der Waals surface area contributed by atoms with Crippen molar-refractivity contribution in [2.45, 2.75) is 134 Å². The van der Waals surface area contributed by atoms with Crippen LogP contribution in [0.2, 0.25) is 0 Å². The number of anilines is 3. The van der Waals surface area contributed by atoms with Gasteiger partial charge >= 0.3 is 35.5 Å². The molecule has 0 radical (unpaired) electrons. The van der Waals surface area contributed by atoms with Crippen LogP contribution in [0.1, 0.15) is 196 Å². The number of benzene rings is 3. The summed E-state index contributed by atoms with van der Waals surface area (Å²) in [5.74, 6) is -4.56. The SMILES string of the molecule is C[C@H]1CCC(c2ccc3sc(C4CCN(C)CC4)nc3c2)N(C(=O)C(=O)Nc2cncc(C(N)=O)c2)C1.C[C@H]1CCC(c2ccc3sc(C4CCN(C)CC4)nc3c2)NC1.C[C@H]1CC[C@H](c2ccc3sc(C4CCN(C)CC4)nc3c2)N(C(=O)C(=O)Nc2cncc(C(N)=O)c2)C1.NC(=O)c1cncc(NC(=O)C(=O)O)c1. The number of nitrogens with zero attached hydrogens (tertiary/aromatic N) is 11. The van der Waals surface area contributed by atoms with E-state index in [4.69, 9.17) is 37.3 Å². The molecule has 31 heteroatoms. The molecule has 6 aromatic heterocycles. The van der Waals surface area contributed by atoms with Crippen LogP contribution in [0.25, 0.3) is 30.6 Å². The lowest BCUT2D eigenvalue weighted by Crippen LogP contribution is -2.46. The number of rotatable bonds is 12. The summed E-state index contributed by atoms with van der Waals surface area (Å²) in [6.45, 7) is 15.4. The predicted octanol–water partition coefficient (Wildman–Crippen LogP) is 10.4. The maximum Gasteiger partial charge on any atom is 0.394 e. The summed E-state index contributed by atoms with van der Waals surface area (Å²) in [4.78, 5) is 144. The van der Waals surface area contributed by atoms with Crippen molar-refractivity contribution in [1.29, 1.82) is 0 Å². The van der Waals surface area contributed by atoms with Gasteiger partial charge in [-0.2, -0.15) is 0 Å². The molecule has 2 unspecified atom stereocenters. The van der Waals surface area contributed by atoms with Gasteiger partial charge in [0.15, 0.2) is 0 Å². The Kier molecular flexibility index (Phi) is 26.9. The van der Waals surface area contributed by atoms with Crippen molar-refractivity contribution in [3.05, 3.63) is 158 Å². The summed E-state index contributed by atoms with van der Waals surface area (Å²) in [6, 6.07) is 23.6. The zero-order valence-electron chi connectivity index (χ0n) is 63.9. The van der Waals surface area contributed by atoms with Crippen LogP contribution in [0.3, 0.4) is 0 Å². The molecular formula is C81H98N18O10S3. The molecule has 0 spiro atoms. The molecule has 0 aliphatic carbocycles. The van der Waals surface area contributed by atoms with Gasteiger partial charge in [-0.3, -0.25) is 53.3 Å². The number of fused-ring (bicyclic) bond motifs is 3. The van der Waals surface area contributed by atoms with Crippen LogP contribution in [0.15, 0.2) is 110 Å². The second-order valence-electron chi connectivity index (χ2n) is 30.7. The van der Waals surface area contributed by atoms with Crippen molar-refractivity contribution >= 4 is 135 Å². The van der Waals surface area contributed by atoms with Crippen molar-refractivity contribution < 1.29 is 48.3 Å². The molecule has 0 saturated carbocycles. The lowest BCUT2D eigenvalue weighted by molar-refractivity contribution is -0.147. The normalized spacial score (nSPS) is 20.9. The molecule has 6 fully saturated rings. The molecule has 112 heavy (non-hydrogen) atoms. The summed E-state index contributed by atoms with van der Waals surface area (Å²) in [7, 11) is 6.54. The molecule has 0 bridgehead atoms. The number of aliphatic carboxylic acids is 1. The van der Waals surface area contributed by atoms with E-state index in [-0.39, 0.29) is 57.7 Å². The number of amides is 8. The first-order valence-electron chi connectivity index (χ1n) is 38.3. The average molecular weight is 1580 g/mol. The quantitative estimate of drug-likeness (QED) is 0.0527. The zero-order chi connectivity index (χ0) is 79.4. The average Bonchev–Trinajstić information content (AvgIpc) is 1.46. The number of carbonyl (C=O) groups excluding carboxylic acids is 8. The highest BCUT2D eigenvalue weighted by atomic mass is 32.1. The molecular weight excluding hydrogens is 1480 g/mol. The number of piperidine rings is 6. The van der Waals surface area contributed by atoms with Crippen molar-refractivity contribution in [1.82, 2.24) is 59.7 Å². The number of likely N-dealkylation sites (tertiary alicyclic amines) is 5. The van der Waals surface area contributed by atoms with Crippen molar-refractivity contribution in [2.75, 3.05) is 96.0 Å². The van der Waals surface area contributed by atoms with E-state index in [1.54, 1.807) is 32.5 Å². The minimum Gasteiger partial charge on any atom is -0.474 e. The highest BCUT2D eigenvalue weighted by Crippen LogP contribution is 2.42. The fourth-order valence-electron chi connectivity index (χ4n) is 15.3. The summed E-state index contributed by atoms with van der Waals surface area (Å²) in [6.07, 6.45) is 20.9. The molecule has 6 aliphatic heterocycles. The van der Waals surface area contributed by atoms with Crippen LogP contribution >= 0.6 is 34.0 Å². The second-order valence-corrected chi connectivity index (χ2v) is 33.9. The van der Waals surface area contributed by atoms with Crippen LogP contribution in [0.4, 0.5) is 17.1 Å². The number of pyridine rings is 3. The van der Waals surface area contributed by atoms with E-state index in [0.717, 1.165) is 122 Å². The van der Waals surface area contributed by atoms with Crippen molar-refractivity contribution in [3.63, 3.8) is 0 Å². The maximum absolute atomic E-state index is 13.3. The van der Waals surface area contributed by atoms with Gasteiger partial charge in [0, 0.05) is 55.5 Å². The first-order valence-corrected chi connectivity index (χ1v) is 40.7. The molecule has 11 N–H and O–H groups in total. The van der Waals surface area contributed by atoms with E-state index in [2.05, 4.69) is 142 Å². The molecule has 15 rings (SSSR count). The van der Waals surface area contributed by atoms with Crippen molar-refractivity contribution in [2.24, 2.45) is 35.0 Å². The number of carbonyl (C=O) groups is 9. The lowest BCUT2D eigenvalue weighted by Gasteiger charge is -2.38. The van der Waals surface area contributed by atoms with Gasteiger partial charge in [0.05, 0.1) is 110 Å². The summed E-state index contributed by atoms with van der Waals surface area (Å²) >= 11 is 5.44. The Morgan fingerprint density at radius 3 is 1.08 bits per heavy atom. The molecule has 9 aromatic rings. The number of hydrogen-bond acceptors (Lipinski definition) is 22. The molecule has 590 valence electrons. The second kappa shape index (κ2) is 37.0.